The van der Waals surface area contributed by atoms with E-state index in [0.717, 1.165) is 64.2 Å². The minimum absolute atomic E-state index is 0.142. The first-order valence-electron chi connectivity index (χ1n) is 10.4. The summed E-state index contributed by atoms with van der Waals surface area (Å²) in [7, 11) is 0. The maximum atomic E-state index is 11.3. The number of carbonyl (C=O) groups is 2. The van der Waals surface area contributed by atoms with Crippen molar-refractivity contribution in [2.24, 2.45) is 0 Å². The zero-order valence-electron chi connectivity index (χ0n) is 16.8. The lowest BCUT2D eigenvalue weighted by molar-refractivity contribution is -0.164. The van der Waals surface area contributed by atoms with Gasteiger partial charge in [0, 0.05) is 6.08 Å². The highest BCUT2D eigenvalue weighted by atomic mass is 16.6. The quantitative estimate of drug-likeness (QED) is 0.153. The first-order valence-corrected chi connectivity index (χ1v) is 10.4. The zero-order valence-corrected chi connectivity index (χ0v) is 16.8. The normalized spacial score (nSPS) is 13.6. The lowest BCUT2D eigenvalue weighted by Gasteiger charge is -2.09. The molecule has 2 unspecified atom stereocenters. The highest BCUT2D eigenvalue weighted by Gasteiger charge is 2.17. The molecule has 6 heteroatoms. The SMILES string of the molecule is CCCCCCC(O)CCCCCCCCC=CC(=O)OC(=O)C(O)CO. The van der Waals surface area contributed by atoms with Gasteiger partial charge < -0.3 is 20.1 Å². The van der Waals surface area contributed by atoms with E-state index in [0.29, 0.717) is 0 Å². The molecule has 158 valence electrons. The number of esters is 2. The van der Waals surface area contributed by atoms with E-state index in [2.05, 4.69) is 11.7 Å². The molecule has 0 aromatic rings. The van der Waals surface area contributed by atoms with Crippen molar-refractivity contribution >= 4 is 11.9 Å². The van der Waals surface area contributed by atoms with Crippen LogP contribution in [0.15, 0.2) is 12.2 Å². The van der Waals surface area contributed by atoms with E-state index >= 15 is 0 Å². The largest absolute Gasteiger partial charge is 0.393 e. The molecule has 0 fully saturated rings. The molecule has 0 aromatic carbocycles. The molecule has 0 radical (unpaired) electrons. The number of rotatable bonds is 17. The molecule has 0 aliphatic heterocycles. The first kappa shape index (κ1) is 25.8. The number of carbonyl (C=O) groups excluding carboxylic acids is 2. The van der Waals surface area contributed by atoms with Crippen LogP contribution in [0.25, 0.3) is 0 Å². The summed E-state index contributed by atoms with van der Waals surface area (Å²) < 4.78 is 4.34. The standard InChI is InChI=1S/C21H38O6/c1-2-3-4-11-14-18(23)15-12-9-7-5-6-8-10-13-16-20(25)27-21(26)19(24)17-22/h13,16,18-19,22-24H,2-12,14-15,17H2,1H3. The highest BCUT2D eigenvalue weighted by Crippen LogP contribution is 2.13. The van der Waals surface area contributed by atoms with Crippen molar-refractivity contribution in [1.82, 2.24) is 0 Å². The number of aliphatic hydroxyl groups excluding tert-OH is 3. The van der Waals surface area contributed by atoms with Gasteiger partial charge in [0.25, 0.3) is 0 Å². The van der Waals surface area contributed by atoms with Gasteiger partial charge in [-0.05, 0) is 25.7 Å². The number of hydrogen-bond acceptors (Lipinski definition) is 6. The van der Waals surface area contributed by atoms with Gasteiger partial charge in [0.1, 0.15) is 0 Å². The predicted octanol–water partition coefficient (Wildman–Crippen LogP) is 3.42. The molecule has 0 aromatic heterocycles. The zero-order chi connectivity index (χ0) is 20.3. The van der Waals surface area contributed by atoms with Crippen LogP contribution in [0.2, 0.25) is 0 Å². The third-order valence-corrected chi connectivity index (χ3v) is 4.45. The van der Waals surface area contributed by atoms with Gasteiger partial charge in [0.15, 0.2) is 6.10 Å². The lowest BCUT2D eigenvalue weighted by atomic mass is 10.0. The number of ether oxygens (including phenoxy) is 1. The van der Waals surface area contributed by atoms with Crippen LogP contribution in [-0.2, 0) is 14.3 Å². The fraction of sp³-hybridized carbons (Fsp3) is 0.810. The van der Waals surface area contributed by atoms with Gasteiger partial charge in [-0.15, -0.1) is 0 Å². The molecule has 0 spiro atoms. The molecule has 0 rings (SSSR count). The Morgan fingerprint density at radius 1 is 0.889 bits per heavy atom. The molecule has 6 nitrogen and oxygen atoms in total. The maximum absolute atomic E-state index is 11.3. The summed E-state index contributed by atoms with van der Waals surface area (Å²) in [5.74, 6) is -1.97. The summed E-state index contributed by atoms with van der Waals surface area (Å²) in [4.78, 5) is 22.4. The van der Waals surface area contributed by atoms with Crippen molar-refractivity contribution < 1.29 is 29.6 Å². The Morgan fingerprint density at radius 3 is 2.04 bits per heavy atom. The Bertz CT molecular complexity index is 407. The number of unbranched alkanes of at least 4 members (excludes halogenated alkanes) is 9. The predicted molar refractivity (Wildman–Crippen MR) is 105 cm³/mol. The second-order valence-corrected chi connectivity index (χ2v) is 7.04. The van der Waals surface area contributed by atoms with E-state index < -0.39 is 24.6 Å². The summed E-state index contributed by atoms with van der Waals surface area (Å²) in [5, 5.41) is 27.4. The molecule has 2 atom stereocenters. The van der Waals surface area contributed by atoms with Gasteiger partial charge in [-0.3, -0.25) is 0 Å². The summed E-state index contributed by atoms with van der Waals surface area (Å²) >= 11 is 0. The average Bonchev–Trinajstić information content (AvgIpc) is 2.65. The molecule has 0 saturated carbocycles. The Labute approximate surface area is 163 Å². The van der Waals surface area contributed by atoms with Crippen LogP contribution in [0, 0.1) is 0 Å². The molecule has 0 aliphatic rings. The molecule has 27 heavy (non-hydrogen) atoms. The minimum atomic E-state index is -1.68. The smallest absolute Gasteiger partial charge is 0.345 e. The summed E-state index contributed by atoms with van der Waals surface area (Å²) in [6.07, 6.45) is 14.9. The molecular formula is C21H38O6. The monoisotopic (exact) mass is 386 g/mol. The Hall–Kier alpha value is -1.24. The third-order valence-electron chi connectivity index (χ3n) is 4.45. The van der Waals surface area contributed by atoms with Gasteiger partial charge in [0.2, 0.25) is 0 Å². The van der Waals surface area contributed by atoms with Gasteiger partial charge in [-0.1, -0.05) is 70.8 Å². The van der Waals surface area contributed by atoms with Gasteiger partial charge >= 0.3 is 11.9 Å². The van der Waals surface area contributed by atoms with Crippen LogP contribution in [0.1, 0.15) is 90.4 Å². The average molecular weight is 387 g/mol. The third kappa shape index (κ3) is 16.6. The van der Waals surface area contributed by atoms with Crippen LogP contribution in [0.5, 0.6) is 0 Å². The minimum Gasteiger partial charge on any atom is -0.393 e. The molecule has 0 amide bonds. The second-order valence-electron chi connectivity index (χ2n) is 7.04. The Morgan fingerprint density at radius 2 is 1.44 bits per heavy atom. The van der Waals surface area contributed by atoms with Crippen LogP contribution in [0.3, 0.4) is 0 Å². The molecular weight excluding hydrogens is 348 g/mol. The van der Waals surface area contributed by atoms with E-state index in [1.165, 1.54) is 25.3 Å². The van der Waals surface area contributed by atoms with Crippen LogP contribution < -0.4 is 0 Å². The van der Waals surface area contributed by atoms with Gasteiger partial charge in [-0.25, -0.2) is 9.59 Å². The summed E-state index contributed by atoms with van der Waals surface area (Å²) in [5.41, 5.74) is 0. The van der Waals surface area contributed by atoms with E-state index in [9.17, 15) is 14.7 Å². The maximum Gasteiger partial charge on any atom is 0.345 e. The van der Waals surface area contributed by atoms with Crippen LogP contribution >= 0.6 is 0 Å². The number of allylic oxidation sites excluding steroid dienone is 1. The van der Waals surface area contributed by atoms with E-state index in [1.54, 1.807) is 6.08 Å². The van der Waals surface area contributed by atoms with E-state index in [1.807, 2.05) is 0 Å². The van der Waals surface area contributed by atoms with Crippen LogP contribution in [-0.4, -0.2) is 46.1 Å². The number of hydrogen-bond donors (Lipinski definition) is 3. The van der Waals surface area contributed by atoms with E-state index in [4.69, 9.17) is 10.2 Å². The molecule has 3 N–H and O–H groups in total. The topological polar surface area (TPSA) is 104 Å². The van der Waals surface area contributed by atoms with Crippen molar-refractivity contribution in [3.8, 4) is 0 Å². The molecule has 0 saturated heterocycles. The van der Waals surface area contributed by atoms with Crippen LogP contribution in [0.4, 0.5) is 0 Å². The second kappa shape index (κ2) is 18.1. The van der Waals surface area contributed by atoms with Gasteiger partial charge in [-0.2, -0.15) is 0 Å². The highest BCUT2D eigenvalue weighted by molar-refractivity contribution is 5.93. The first-order chi connectivity index (χ1) is 13.0. The fourth-order valence-electron chi connectivity index (χ4n) is 2.76. The van der Waals surface area contributed by atoms with Gasteiger partial charge in [0.05, 0.1) is 12.7 Å². The van der Waals surface area contributed by atoms with Crippen molar-refractivity contribution in [3.63, 3.8) is 0 Å². The van der Waals surface area contributed by atoms with Crippen molar-refractivity contribution in [2.75, 3.05) is 6.61 Å². The van der Waals surface area contributed by atoms with E-state index in [-0.39, 0.29) is 6.10 Å². The summed E-state index contributed by atoms with van der Waals surface area (Å²) in [6.45, 7) is 1.42. The van der Waals surface area contributed by atoms with Crippen molar-refractivity contribution in [1.29, 1.82) is 0 Å². The Balaban J connectivity index is 3.46. The molecule has 0 heterocycles. The van der Waals surface area contributed by atoms with Crippen molar-refractivity contribution in [2.45, 2.75) is 103 Å². The van der Waals surface area contributed by atoms with Crippen molar-refractivity contribution in [3.05, 3.63) is 12.2 Å². The molecule has 0 aliphatic carbocycles. The number of aliphatic hydroxyl groups is 3. The lowest BCUT2D eigenvalue weighted by Crippen LogP contribution is -2.28. The Kier molecular flexibility index (Phi) is 17.3. The molecule has 0 bridgehead atoms. The fourth-order valence-corrected chi connectivity index (χ4v) is 2.76. The summed E-state index contributed by atoms with van der Waals surface area (Å²) in [6, 6.07) is 0.